The van der Waals surface area contributed by atoms with Crippen molar-refractivity contribution in [2.45, 2.75) is 19.8 Å². The van der Waals surface area contributed by atoms with Crippen LogP contribution in [0.5, 0.6) is 0 Å². The highest BCUT2D eigenvalue weighted by Crippen LogP contribution is 2.20. The molecule has 0 radical (unpaired) electrons. The first-order chi connectivity index (χ1) is 14.7. The third kappa shape index (κ3) is 8.21. The predicted octanol–water partition coefficient (Wildman–Crippen LogP) is 3.50. The molecule has 1 aromatic carbocycles. The number of hydrogen-bond donors (Lipinski definition) is 1. The van der Waals surface area contributed by atoms with Gasteiger partial charge in [-0.2, -0.15) is 4.98 Å². The summed E-state index contributed by atoms with van der Waals surface area (Å²) in [7, 11) is 1.69. The Morgan fingerprint density at radius 2 is 2.26 bits per heavy atom. The van der Waals surface area contributed by atoms with Crippen molar-refractivity contribution in [3.05, 3.63) is 35.2 Å². The quantitative estimate of drug-likeness (QED) is 0.205. The van der Waals surface area contributed by atoms with E-state index in [1.54, 1.807) is 7.11 Å². The second-order valence-electron chi connectivity index (χ2n) is 7.18. The smallest absolute Gasteiger partial charge is 0.228 e. The van der Waals surface area contributed by atoms with Gasteiger partial charge in [0.2, 0.25) is 11.7 Å². The summed E-state index contributed by atoms with van der Waals surface area (Å²) in [6.07, 6.45) is 1.68. The van der Waals surface area contributed by atoms with Gasteiger partial charge in [0.1, 0.15) is 0 Å². The van der Waals surface area contributed by atoms with Gasteiger partial charge in [-0.3, -0.25) is 4.99 Å². The number of benzene rings is 1. The summed E-state index contributed by atoms with van der Waals surface area (Å²) in [6.45, 7) is 7.42. The molecular formula is C21H31ClIN5O3. The van der Waals surface area contributed by atoms with Gasteiger partial charge >= 0.3 is 0 Å². The molecule has 8 nitrogen and oxygen atoms in total. The number of halogens is 2. The molecule has 172 valence electrons. The van der Waals surface area contributed by atoms with Crippen LogP contribution in [0.3, 0.4) is 0 Å². The van der Waals surface area contributed by atoms with E-state index in [0.717, 1.165) is 44.2 Å². The first-order valence-electron chi connectivity index (χ1n) is 10.4. The van der Waals surface area contributed by atoms with Crippen molar-refractivity contribution in [1.82, 2.24) is 20.4 Å². The van der Waals surface area contributed by atoms with Crippen LogP contribution < -0.4 is 5.32 Å². The van der Waals surface area contributed by atoms with Gasteiger partial charge in [-0.1, -0.05) is 28.9 Å². The van der Waals surface area contributed by atoms with Crippen molar-refractivity contribution in [3.63, 3.8) is 0 Å². The van der Waals surface area contributed by atoms with Gasteiger partial charge < -0.3 is 24.2 Å². The third-order valence-corrected chi connectivity index (χ3v) is 5.08. The summed E-state index contributed by atoms with van der Waals surface area (Å²) in [6, 6.07) is 7.41. The standard InChI is InChI=1S/C21H30ClN5O3.HI/c1-3-23-21(27-10-8-16(14-27)15-29-12-11-28-2)24-9-7-19-25-20(26-30-19)17-5-4-6-18(22)13-17;/h4-6,13,16H,3,7-12,14-15H2,1-2H3,(H,23,24);1H. The van der Waals surface area contributed by atoms with E-state index >= 15 is 0 Å². The van der Waals surface area contributed by atoms with Gasteiger partial charge in [0.25, 0.3) is 0 Å². The fourth-order valence-electron chi connectivity index (χ4n) is 3.34. The Morgan fingerprint density at radius 1 is 1.39 bits per heavy atom. The highest BCUT2D eigenvalue weighted by molar-refractivity contribution is 14.0. The van der Waals surface area contributed by atoms with Crippen molar-refractivity contribution in [3.8, 4) is 11.4 Å². The van der Waals surface area contributed by atoms with Crippen LogP contribution in [0.4, 0.5) is 0 Å². The van der Waals surface area contributed by atoms with Crippen LogP contribution in [0, 0.1) is 5.92 Å². The van der Waals surface area contributed by atoms with E-state index in [-0.39, 0.29) is 24.0 Å². The molecule has 0 aliphatic carbocycles. The molecule has 0 bridgehead atoms. The van der Waals surface area contributed by atoms with Crippen molar-refractivity contribution < 1.29 is 14.0 Å². The maximum atomic E-state index is 6.04. The van der Waals surface area contributed by atoms with Gasteiger partial charge in [0.05, 0.1) is 26.4 Å². The second-order valence-corrected chi connectivity index (χ2v) is 7.61. The minimum atomic E-state index is 0. The molecule has 1 unspecified atom stereocenters. The van der Waals surface area contributed by atoms with E-state index in [1.165, 1.54) is 0 Å². The molecule has 10 heteroatoms. The van der Waals surface area contributed by atoms with Gasteiger partial charge in [-0.25, -0.2) is 0 Å². The molecule has 2 heterocycles. The molecule has 31 heavy (non-hydrogen) atoms. The van der Waals surface area contributed by atoms with Gasteiger partial charge in [0.15, 0.2) is 5.96 Å². The van der Waals surface area contributed by atoms with Gasteiger partial charge in [-0.15, -0.1) is 24.0 Å². The molecule has 1 aliphatic heterocycles. The lowest BCUT2D eigenvalue weighted by Crippen LogP contribution is -2.40. The molecule has 1 fully saturated rings. The number of nitrogens with one attached hydrogen (secondary N) is 1. The van der Waals surface area contributed by atoms with E-state index in [2.05, 4.69) is 27.3 Å². The lowest BCUT2D eigenvalue weighted by molar-refractivity contribution is 0.0536. The number of aromatic nitrogens is 2. The normalized spacial score (nSPS) is 16.4. The van der Waals surface area contributed by atoms with Crippen molar-refractivity contribution >= 4 is 41.5 Å². The molecule has 0 amide bonds. The molecule has 0 saturated carbocycles. The average molecular weight is 564 g/mol. The summed E-state index contributed by atoms with van der Waals surface area (Å²) < 4.78 is 16.1. The third-order valence-electron chi connectivity index (χ3n) is 4.84. The molecule has 1 aromatic heterocycles. The SMILES string of the molecule is CCNC(=NCCc1nc(-c2cccc(Cl)c2)no1)N1CCC(COCCOC)C1.I. The van der Waals surface area contributed by atoms with Crippen LogP contribution in [0.15, 0.2) is 33.8 Å². The summed E-state index contributed by atoms with van der Waals surface area (Å²) in [5.41, 5.74) is 0.838. The fraction of sp³-hybridized carbons (Fsp3) is 0.571. The average Bonchev–Trinajstić information content (AvgIpc) is 3.40. The Hall–Kier alpha value is -1.43. The number of ether oxygens (including phenoxy) is 2. The summed E-state index contributed by atoms with van der Waals surface area (Å²) in [4.78, 5) is 11.5. The number of nitrogens with zero attached hydrogens (tertiary/aromatic N) is 4. The lowest BCUT2D eigenvalue weighted by atomic mass is 10.1. The Labute approximate surface area is 205 Å². The molecule has 2 aromatic rings. The fourth-order valence-corrected chi connectivity index (χ4v) is 3.53. The van der Waals surface area contributed by atoms with Crippen molar-refractivity contribution in [2.24, 2.45) is 10.9 Å². The molecule has 3 rings (SSSR count). The van der Waals surface area contributed by atoms with E-state index in [0.29, 0.717) is 48.8 Å². The zero-order valence-electron chi connectivity index (χ0n) is 18.1. The van der Waals surface area contributed by atoms with Gasteiger partial charge in [-0.05, 0) is 25.5 Å². The van der Waals surface area contributed by atoms with Crippen LogP contribution in [0.2, 0.25) is 5.02 Å². The van der Waals surface area contributed by atoms with Crippen LogP contribution in [0.1, 0.15) is 19.2 Å². The minimum Gasteiger partial charge on any atom is -0.382 e. The molecule has 1 saturated heterocycles. The zero-order valence-corrected chi connectivity index (χ0v) is 21.1. The molecular weight excluding hydrogens is 533 g/mol. The van der Waals surface area contributed by atoms with E-state index in [9.17, 15) is 0 Å². The Morgan fingerprint density at radius 3 is 3.03 bits per heavy atom. The highest BCUT2D eigenvalue weighted by atomic mass is 127. The minimum absolute atomic E-state index is 0. The number of rotatable bonds is 10. The lowest BCUT2D eigenvalue weighted by Gasteiger charge is -2.21. The maximum Gasteiger partial charge on any atom is 0.228 e. The molecule has 1 aliphatic rings. The summed E-state index contributed by atoms with van der Waals surface area (Å²) >= 11 is 6.04. The first kappa shape index (κ1) is 25.8. The Balaban J connectivity index is 0.00000341. The maximum absolute atomic E-state index is 6.04. The second kappa shape index (κ2) is 13.9. The van der Waals surface area contributed by atoms with E-state index in [1.807, 2.05) is 24.3 Å². The van der Waals surface area contributed by atoms with E-state index in [4.69, 9.17) is 30.6 Å². The van der Waals surface area contributed by atoms with E-state index < -0.39 is 0 Å². The monoisotopic (exact) mass is 563 g/mol. The summed E-state index contributed by atoms with van der Waals surface area (Å²) in [5.74, 6) is 2.54. The predicted molar refractivity (Wildman–Crippen MR) is 132 cm³/mol. The Kier molecular flexibility index (Phi) is 11.6. The number of methoxy groups -OCH3 is 1. The topological polar surface area (TPSA) is 85.0 Å². The van der Waals surface area contributed by atoms with Gasteiger partial charge in [0, 0.05) is 49.7 Å². The van der Waals surface area contributed by atoms with Crippen LogP contribution in [0.25, 0.3) is 11.4 Å². The highest BCUT2D eigenvalue weighted by Gasteiger charge is 2.25. The molecule has 1 atom stereocenters. The number of guanidine groups is 1. The first-order valence-corrected chi connectivity index (χ1v) is 10.8. The number of aliphatic imine (C=N–C) groups is 1. The van der Waals surface area contributed by atoms with Crippen LogP contribution >= 0.6 is 35.6 Å². The molecule has 0 spiro atoms. The van der Waals surface area contributed by atoms with Crippen molar-refractivity contribution in [1.29, 1.82) is 0 Å². The Bertz CT molecular complexity index is 820. The van der Waals surface area contributed by atoms with Crippen LogP contribution in [-0.2, 0) is 15.9 Å². The van der Waals surface area contributed by atoms with Crippen LogP contribution in [-0.4, -0.2) is 74.1 Å². The largest absolute Gasteiger partial charge is 0.382 e. The number of likely N-dealkylation sites (tertiary alicyclic amines) is 1. The van der Waals surface area contributed by atoms with Crippen molar-refractivity contribution in [2.75, 3.05) is 53.1 Å². The summed E-state index contributed by atoms with van der Waals surface area (Å²) in [5, 5.41) is 8.07. The zero-order chi connectivity index (χ0) is 21.2. The number of hydrogen-bond acceptors (Lipinski definition) is 6. The molecule has 1 N–H and O–H groups in total.